The van der Waals surface area contributed by atoms with E-state index < -0.39 is 0 Å². The van der Waals surface area contributed by atoms with Gasteiger partial charge < -0.3 is 0 Å². The van der Waals surface area contributed by atoms with Gasteiger partial charge in [0.1, 0.15) is 0 Å². The molecule has 3 rings (SSSR count). The minimum Gasteiger partial charge on any atom is -0.298 e. The van der Waals surface area contributed by atoms with E-state index in [9.17, 15) is 0 Å². The van der Waals surface area contributed by atoms with Crippen LogP contribution in [0, 0.1) is 11.8 Å². The average molecular weight is 279 g/mol. The molecule has 0 unspecified atom stereocenters. The second kappa shape index (κ2) is 5.94. The van der Waals surface area contributed by atoms with E-state index >= 15 is 0 Å². The van der Waals surface area contributed by atoms with Crippen LogP contribution in [-0.4, -0.2) is 72.1 Å². The van der Waals surface area contributed by atoms with Gasteiger partial charge >= 0.3 is 0 Å². The Hall–Kier alpha value is -0.120. The Labute approximate surface area is 125 Å². The van der Waals surface area contributed by atoms with Gasteiger partial charge in [-0.05, 0) is 38.5 Å². The van der Waals surface area contributed by atoms with E-state index in [0.29, 0.717) is 0 Å². The van der Waals surface area contributed by atoms with Gasteiger partial charge in [0, 0.05) is 57.4 Å². The van der Waals surface area contributed by atoms with Crippen molar-refractivity contribution in [1.82, 2.24) is 14.7 Å². The molecule has 3 aliphatic rings. The summed E-state index contributed by atoms with van der Waals surface area (Å²) in [5.41, 5.74) is 0. The van der Waals surface area contributed by atoms with Gasteiger partial charge in [-0.3, -0.25) is 14.7 Å². The minimum atomic E-state index is 0.732. The van der Waals surface area contributed by atoms with Crippen molar-refractivity contribution in [2.75, 3.05) is 39.3 Å². The molecule has 0 aromatic heterocycles. The molecule has 3 heteroatoms. The molecule has 0 atom stereocenters. The molecule has 0 aromatic carbocycles. The number of piperazine rings is 1. The largest absolute Gasteiger partial charge is 0.298 e. The monoisotopic (exact) mass is 279 g/mol. The molecule has 20 heavy (non-hydrogen) atoms. The molecule has 2 saturated heterocycles. The molecule has 1 aliphatic carbocycles. The number of hydrogen-bond acceptors (Lipinski definition) is 3. The molecule has 2 heterocycles. The highest BCUT2D eigenvalue weighted by Crippen LogP contribution is 2.37. The highest BCUT2D eigenvalue weighted by molar-refractivity contribution is 4.94. The van der Waals surface area contributed by atoms with E-state index in [0.717, 1.165) is 30.0 Å². The van der Waals surface area contributed by atoms with Crippen LogP contribution in [0.4, 0.5) is 0 Å². The molecule has 0 radical (unpaired) electrons. The fraction of sp³-hybridized carbons (Fsp3) is 1.00. The van der Waals surface area contributed by atoms with E-state index in [1.165, 1.54) is 52.1 Å². The standard InChI is InChI=1S/C17H33N3/c1-13(2)15-9-16(10-15)18-5-7-19(8-6-18)17-11-20(12-17)14(3)4/h13-17H,5-12H2,1-4H3. The van der Waals surface area contributed by atoms with Crippen molar-refractivity contribution in [1.29, 1.82) is 0 Å². The van der Waals surface area contributed by atoms with Gasteiger partial charge in [-0.1, -0.05) is 13.8 Å². The molecule has 0 bridgehead atoms. The van der Waals surface area contributed by atoms with Crippen LogP contribution in [0.2, 0.25) is 0 Å². The lowest BCUT2D eigenvalue weighted by Gasteiger charge is -2.52. The molecular formula is C17H33N3. The summed E-state index contributed by atoms with van der Waals surface area (Å²) in [4.78, 5) is 8.11. The highest BCUT2D eigenvalue weighted by Gasteiger charge is 2.39. The maximum atomic E-state index is 2.77. The van der Waals surface area contributed by atoms with Gasteiger partial charge in [0.25, 0.3) is 0 Å². The second-order valence-electron chi connectivity index (χ2n) is 7.90. The number of likely N-dealkylation sites (tertiary alicyclic amines) is 1. The zero-order valence-corrected chi connectivity index (χ0v) is 13.9. The Kier molecular flexibility index (Phi) is 4.40. The number of rotatable bonds is 4. The first-order chi connectivity index (χ1) is 9.54. The molecule has 2 aliphatic heterocycles. The highest BCUT2D eigenvalue weighted by atomic mass is 15.4. The molecule has 1 saturated carbocycles. The minimum absolute atomic E-state index is 0.732. The lowest BCUT2D eigenvalue weighted by atomic mass is 9.73. The quantitative estimate of drug-likeness (QED) is 0.780. The first kappa shape index (κ1) is 14.8. The summed E-state index contributed by atoms with van der Waals surface area (Å²) in [7, 11) is 0. The third kappa shape index (κ3) is 2.90. The van der Waals surface area contributed by atoms with E-state index in [1.807, 2.05) is 0 Å². The van der Waals surface area contributed by atoms with Crippen molar-refractivity contribution in [3.63, 3.8) is 0 Å². The summed E-state index contributed by atoms with van der Waals surface area (Å²) in [5.74, 6) is 1.90. The van der Waals surface area contributed by atoms with Gasteiger partial charge in [0.15, 0.2) is 0 Å². The summed E-state index contributed by atoms with van der Waals surface area (Å²) in [6.45, 7) is 17.2. The van der Waals surface area contributed by atoms with E-state index in [4.69, 9.17) is 0 Å². The normalized spacial score (nSPS) is 34.5. The zero-order valence-electron chi connectivity index (χ0n) is 13.9. The molecule has 0 amide bonds. The summed E-state index contributed by atoms with van der Waals surface area (Å²) in [6.07, 6.45) is 2.92. The van der Waals surface area contributed by atoms with Crippen LogP contribution in [0.3, 0.4) is 0 Å². The Balaban J connectivity index is 1.36. The SMILES string of the molecule is CC(C)C1CC(N2CCN(C3CN(C(C)C)C3)CC2)C1. The van der Waals surface area contributed by atoms with Gasteiger partial charge in [0.2, 0.25) is 0 Å². The smallest absolute Gasteiger partial charge is 0.0351 e. The van der Waals surface area contributed by atoms with Gasteiger partial charge in [-0.2, -0.15) is 0 Å². The van der Waals surface area contributed by atoms with Crippen LogP contribution in [0.25, 0.3) is 0 Å². The summed E-state index contributed by atoms with van der Waals surface area (Å²) in [6, 6.07) is 2.50. The van der Waals surface area contributed by atoms with E-state index in [1.54, 1.807) is 0 Å². The molecular weight excluding hydrogens is 246 g/mol. The van der Waals surface area contributed by atoms with Crippen molar-refractivity contribution in [2.45, 2.75) is 58.7 Å². The van der Waals surface area contributed by atoms with Crippen molar-refractivity contribution in [3.8, 4) is 0 Å². The second-order valence-corrected chi connectivity index (χ2v) is 7.90. The van der Waals surface area contributed by atoms with Crippen molar-refractivity contribution >= 4 is 0 Å². The summed E-state index contributed by atoms with van der Waals surface area (Å²) in [5, 5.41) is 0. The Morgan fingerprint density at radius 3 is 1.70 bits per heavy atom. The van der Waals surface area contributed by atoms with Gasteiger partial charge in [-0.15, -0.1) is 0 Å². The first-order valence-electron chi connectivity index (χ1n) is 8.76. The number of hydrogen-bond donors (Lipinski definition) is 0. The predicted octanol–water partition coefficient (Wildman–Crippen LogP) is 2.13. The molecule has 0 spiro atoms. The lowest BCUT2D eigenvalue weighted by Crippen LogP contribution is -2.65. The van der Waals surface area contributed by atoms with Crippen LogP contribution in [0.15, 0.2) is 0 Å². The Morgan fingerprint density at radius 2 is 1.25 bits per heavy atom. The average Bonchev–Trinajstić information content (AvgIpc) is 2.26. The lowest BCUT2D eigenvalue weighted by molar-refractivity contribution is -0.0338. The van der Waals surface area contributed by atoms with Crippen LogP contribution in [0.1, 0.15) is 40.5 Å². The Morgan fingerprint density at radius 1 is 0.750 bits per heavy atom. The van der Waals surface area contributed by atoms with E-state index in [2.05, 4.69) is 42.4 Å². The zero-order chi connectivity index (χ0) is 14.3. The fourth-order valence-electron chi connectivity index (χ4n) is 4.08. The predicted molar refractivity (Wildman–Crippen MR) is 85.0 cm³/mol. The first-order valence-corrected chi connectivity index (χ1v) is 8.76. The molecule has 116 valence electrons. The van der Waals surface area contributed by atoms with Crippen molar-refractivity contribution in [2.24, 2.45) is 11.8 Å². The fourth-order valence-corrected chi connectivity index (χ4v) is 4.08. The van der Waals surface area contributed by atoms with Crippen molar-refractivity contribution < 1.29 is 0 Å². The van der Waals surface area contributed by atoms with Crippen LogP contribution in [0.5, 0.6) is 0 Å². The van der Waals surface area contributed by atoms with E-state index in [-0.39, 0.29) is 0 Å². The molecule has 3 fully saturated rings. The maximum Gasteiger partial charge on any atom is 0.0351 e. The molecule has 0 N–H and O–H groups in total. The topological polar surface area (TPSA) is 9.72 Å². The third-order valence-electron chi connectivity index (χ3n) is 6.09. The summed E-state index contributed by atoms with van der Waals surface area (Å²) < 4.78 is 0. The summed E-state index contributed by atoms with van der Waals surface area (Å²) >= 11 is 0. The maximum absolute atomic E-state index is 2.77. The van der Waals surface area contributed by atoms with Crippen LogP contribution in [-0.2, 0) is 0 Å². The van der Waals surface area contributed by atoms with Gasteiger partial charge in [0.05, 0.1) is 0 Å². The number of nitrogens with zero attached hydrogens (tertiary/aromatic N) is 3. The van der Waals surface area contributed by atoms with Crippen molar-refractivity contribution in [3.05, 3.63) is 0 Å². The molecule has 0 aromatic rings. The van der Waals surface area contributed by atoms with Crippen LogP contribution >= 0.6 is 0 Å². The Bertz CT molecular complexity index is 276. The van der Waals surface area contributed by atoms with Gasteiger partial charge in [-0.25, -0.2) is 0 Å². The third-order valence-corrected chi connectivity index (χ3v) is 6.09. The molecule has 3 nitrogen and oxygen atoms in total. The van der Waals surface area contributed by atoms with Crippen LogP contribution < -0.4 is 0 Å².